The Labute approximate surface area is 111 Å². The maximum atomic E-state index is 11.4. The lowest BCUT2D eigenvalue weighted by molar-refractivity contribution is -0.147. The zero-order valence-corrected chi connectivity index (χ0v) is 12.2. The Kier molecular flexibility index (Phi) is 6.65. The minimum Gasteiger partial charge on any atom is -0.469 e. The molecule has 0 bridgehead atoms. The number of piperidine rings is 1. The van der Waals surface area contributed by atoms with Crippen molar-refractivity contribution in [3.8, 4) is 0 Å². The second-order valence-corrected chi connectivity index (χ2v) is 5.77. The van der Waals surface area contributed by atoms with Gasteiger partial charge in [0.15, 0.2) is 0 Å². The lowest BCUT2D eigenvalue weighted by Crippen LogP contribution is -2.41. The Morgan fingerprint density at radius 3 is 2.44 bits per heavy atom. The van der Waals surface area contributed by atoms with E-state index in [2.05, 4.69) is 31.0 Å². The summed E-state index contributed by atoms with van der Waals surface area (Å²) in [6.07, 6.45) is 1.88. The molecular formula is C14H28N2O2. The van der Waals surface area contributed by atoms with E-state index in [1.807, 2.05) is 0 Å². The van der Waals surface area contributed by atoms with Crippen LogP contribution in [0.5, 0.6) is 0 Å². The molecule has 1 aliphatic rings. The van der Waals surface area contributed by atoms with Gasteiger partial charge < -0.3 is 15.0 Å². The molecule has 1 atom stereocenters. The third-order valence-electron chi connectivity index (χ3n) is 3.57. The quantitative estimate of drug-likeness (QED) is 0.731. The molecule has 1 rings (SSSR count). The molecule has 1 fully saturated rings. The number of nitrogens with one attached hydrogen (secondary N) is 1. The molecule has 0 amide bonds. The number of likely N-dealkylation sites (tertiary alicyclic amines) is 1. The van der Waals surface area contributed by atoms with Gasteiger partial charge >= 0.3 is 5.97 Å². The van der Waals surface area contributed by atoms with Crippen molar-refractivity contribution in [3.05, 3.63) is 0 Å². The predicted molar refractivity (Wildman–Crippen MR) is 73.5 cm³/mol. The van der Waals surface area contributed by atoms with Crippen LogP contribution in [0, 0.1) is 11.8 Å². The summed E-state index contributed by atoms with van der Waals surface area (Å²) in [5.74, 6) is 0.738. The molecule has 0 spiro atoms. The molecule has 0 aromatic carbocycles. The molecule has 106 valence electrons. The van der Waals surface area contributed by atoms with Crippen LogP contribution in [0.4, 0.5) is 0 Å². The van der Waals surface area contributed by atoms with Gasteiger partial charge in [0.25, 0.3) is 0 Å². The lowest BCUT2D eigenvalue weighted by Gasteiger charge is -2.32. The summed E-state index contributed by atoms with van der Waals surface area (Å²) in [7, 11) is 1.48. The number of esters is 1. The number of carbonyl (C=O) groups excluding carboxylic acids is 1. The lowest BCUT2D eigenvalue weighted by atomic mass is 9.96. The van der Waals surface area contributed by atoms with Gasteiger partial charge in [-0.15, -0.1) is 0 Å². The number of methoxy groups -OCH3 is 1. The van der Waals surface area contributed by atoms with Crippen molar-refractivity contribution >= 4 is 5.97 Å². The van der Waals surface area contributed by atoms with Crippen LogP contribution >= 0.6 is 0 Å². The van der Waals surface area contributed by atoms with E-state index in [9.17, 15) is 4.79 Å². The highest BCUT2D eigenvalue weighted by Gasteiger charge is 2.25. The zero-order valence-electron chi connectivity index (χ0n) is 12.2. The SMILES string of the molecule is COC(=O)C1CCN(CC(C)CNC(C)C)CC1. The number of ether oxygens (including phenoxy) is 1. The van der Waals surface area contributed by atoms with Gasteiger partial charge in [-0.05, 0) is 38.4 Å². The summed E-state index contributed by atoms with van der Waals surface area (Å²) in [6, 6.07) is 0.553. The van der Waals surface area contributed by atoms with Gasteiger partial charge in [0.2, 0.25) is 0 Å². The van der Waals surface area contributed by atoms with Crippen molar-refractivity contribution in [2.45, 2.75) is 39.7 Å². The fourth-order valence-corrected chi connectivity index (χ4v) is 2.46. The van der Waals surface area contributed by atoms with E-state index in [1.165, 1.54) is 7.11 Å². The van der Waals surface area contributed by atoms with Crippen molar-refractivity contribution in [2.75, 3.05) is 33.3 Å². The fraction of sp³-hybridized carbons (Fsp3) is 0.929. The van der Waals surface area contributed by atoms with Gasteiger partial charge in [-0.2, -0.15) is 0 Å². The van der Waals surface area contributed by atoms with E-state index >= 15 is 0 Å². The Hall–Kier alpha value is -0.610. The number of rotatable bonds is 6. The van der Waals surface area contributed by atoms with Crippen LogP contribution in [-0.4, -0.2) is 50.2 Å². The first-order valence-corrected chi connectivity index (χ1v) is 7.06. The highest BCUT2D eigenvalue weighted by Crippen LogP contribution is 2.19. The van der Waals surface area contributed by atoms with Gasteiger partial charge in [0.05, 0.1) is 13.0 Å². The van der Waals surface area contributed by atoms with Gasteiger partial charge in [-0.1, -0.05) is 20.8 Å². The molecule has 4 nitrogen and oxygen atoms in total. The average molecular weight is 256 g/mol. The van der Waals surface area contributed by atoms with Crippen LogP contribution in [0.1, 0.15) is 33.6 Å². The van der Waals surface area contributed by atoms with E-state index in [0.717, 1.165) is 39.0 Å². The standard InChI is InChI=1S/C14H28N2O2/c1-11(2)15-9-12(3)10-16-7-5-13(6-8-16)14(17)18-4/h11-13,15H,5-10H2,1-4H3. The van der Waals surface area contributed by atoms with Crippen molar-refractivity contribution in [3.63, 3.8) is 0 Å². The monoisotopic (exact) mass is 256 g/mol. The van der Waals surface area contributed by atoms with Crippen LogP contribution in [0.2, 0.25) is 0 Å². The summed E-state index contributed by atoms with van der Waals surface area (Å²) >= 11 is 0. The van der Waals surface area contributed by atoms with Crippen LogP contribution in [0.15, 0.2) is 0 Å². The van der Waals surface area contributed by atoms with Gasteiger partial charge in [0.1, 0.15) is 0 Å². The average Bonchev–Trinajstić information content (AvgIpc) is 2.36. The first-order chi connectivity index (χ1) is 8.52. The first kappa shape index (κ1) is 15.4. The van der Waals surface area contributed by atoms with E-state index in [4.69, 9.17) is 4.74 Å². The number of hydrogen-bond donors (Lipinski definition) is 1. The number of carbonyl (C=O) groups is 1. The minimum atomic E-state index is -0.0378. The van der Waals surface area contributed by atoms with Crippen molar-refractivity contribution in [2.24, 2.45) is 11.8 Å². The topological polar surface area (TPSA) is 41.6 Å². The molecule has 0 saturated carbocycles. The predicted octanol–water partition coefficient (Wildman–Crippen LogP) is 1.51. The zero-order chi connectivity index (χ0) is 13.5. The Balaban J connectivity index is 2.20. The third-order valence-corrected chi connectivity index (χ3v) is 3.57. The molecule has 0 aliphatic carbocycles. The van der Waals surface area contributed by atoms with E-state index in [0.29, 0.717) is 12.0 Å². The number of hydrogen-bond acceptors (Lipinski definition) is 4. The number of nitrogens with zero attached hydrogens (tertiary/aromatic N) is 1. The minimum absolute atomic E-state index is 0.0378. The Morgan fingerprint density at radius 1 is 1.33 bits per heavy atom. The van der Waals surface area contributed by atoms with Gasteiger partial charge in [0, 0.05) is 12.6 Å². The molecule has 0 aromatic rings. The normalized spacial score (nSPS) is 20.1. The van der Waals surface area contributed by atoms with E-state index < -0.39 is 0 Å². The maximum absolute atomic E-state index is 11.4. The van der Waals surface area contributed by atoms with E-state index in [-0.39, 0.29) is 11.9 Å². The molecule has 1 unspecified atom stereocenters. The molecule has 1 saturated heterocycles. The highest BCUT2D eigenvalue weighted by atomic mass is 16.5. The van der Waals surface area contributed by atoms with Gasteiger partial charge in [-0.3, -0.25) is 4.79 Å². The smallest absolute Gasteiger partial charge is 0.308 e. The van der Waals surface area contributed by atoms with Crippen LogP contribution in [-0.2, 0) is 9.53 Å². The summed E-state index contributed by atoms with van der Waals surface area (Å²) in [6.45, 7) is 10.9. The molecule has 0 aromatic heterocycles. The van der Waals surface area contributed by atoms with Crippen LogP contribution in [0.3, 0.4) is 0 Å². The molecule has 4 heteroatoms. The van der Waals surface area contributed by atoms with Crippen molar-refractivity contribution in [1.82, 2.24) is 10.2 Å². The summed E-state index contributed by atoms with van der Waals surface area (Å²) in [5, 5.41) is 3.47. The summed E-state index contributed by atoms with van der Waals surface area (Å²) < 4.78 is 4.80. The molecule has 1 aliphatic heterocycles. The second kappa shape index (κ2) is 7.74. The molecule has 1 heterocycles. The second-order valence-electron chi connectivity index (χ2n) is 5.77. The van der Waals surface area contributed by atoms with Crippen molar-refractivity contribution < 1.29 is 9.53 Å². The van der Waals surface area contributed by atoms with Crippen molar-refractivity contribution in [1.29, 1.82) is 0 Å². The maximum Gasteiger partial charge on any atom is 0.308 e. The largest absolute Gasteiger partial charge is 0.469 e. The molecule has 0 radical (unpaired) electrons. The third kappa shape index (κ3) is 5.36. The summed E-state index contributed by atoms with van der Waals surface area (Å²) in [4.78, 5) is 13.9. The van der Waals surface area contributed by atoms with Crippen LogP contribution < -0.4 is 5.32 Å². The summed E-state index contributed by atoms with van der Waals surface area (Å²) in [5.41, 5.74) is 0. The molecular weight excluding hydrogens is 228 g/mol. The molecule has 18 heavy (non-hydrogen) atoms. The van der Waals surface area contributed by atoms with E-state index in [1.54, 1.807) is 0 Å². The van der Waals surface area contributed by atoms with Crippen LogP contribution in [0.25, 0.3) is 0 Å². The fourth-order valence-electron chi connectivity index (χ4n) is 2.46. The Bertz CT molecular complexity index is 248. The molecule has 1 N–H and O–H groups in total. The first-order valence-electron chi connectivity index (χ1n) is 7.06. The highest BCUT2D eigenvalue weighted by molar-refractivity contribution is 5.72. The Morgan fingerprint density at radius 2 is 1.94 bits per heavy atom. The van der Waals surface area contributed by atoms with Gasteiger partial charge in [-0.25, -0.2) is 0 Å².